The summed E-state index contributed by atoms with van der Waals surface area (Å²) in [4.78, 5) is 26.9. The number of rotatable bonds is 5. The van der Waals surface area contributed by atoms with Crippen molar-refractivity contribution >= 4 is 11.8 Å². The number of benzene rings is 1. The first kappa shape index (κ1) is 15.7. The average molecular weight is 289 g/mol. The molecule has 1 aromatic rings. The fourth-order valence-electron chi connectivity index (χ4n) is 3.00. The quantitative estimate of drug-likeness (QED) is 0.617. The lowest BCUT2D eigenvalue weighted by molar-refractivity contribution is -0.148. The van der Waals surface area contributed by atoms with Crippen LogP contribution >= 0.6 is 0 Å². The van der Waals surface area contributed by atoms with E-state index in [0.29, 0.717) is 5.56 Å². The summed E-state index contributed by atoms with van der Waals surface area (Å²) in [7, 11) is 1.39. The number of carbonyl (C=O) groups is 2. The number of likely N-dealkylation sites (tertiary alicyclic amines) is 1. The molecular formula is C17H23NO3. The van der Waals surface area contributed by atoms with E-state index >= 15 is 0 Å². The van der Waals surface area contributed by atoms with Crippen LogP contribution in [0.4, 0.5) is 0 Å². The zero-order valence-electron chi connectivity index (χ0n) is 12.7. The first-order valence-corrected chi connectivity index (χ1v) is 7.56. The Labute approximate surface area is 126 Å². The van der Waals surface area contributed by atoms with Crippen LogP contribution in [0.5, 0.6) is 0 Å². The molecule has 1 fully saturated rings. The summed E-state index contributed by atoms with van der Waals surface area (Å²) in [6.07, 6.45) is 3.32. The molecule has 1 saturated heterocycles. The molecule has 21 heavy (non-hydrogen) atoms. The van der Waals surface area contributed by atoms with E-state index < -0.39 is 12.0 Å². The van der Waals surface area contributed by atoms with Crippen molar-refractivity contribution in [2.45, 2.75) is 32.2 Å². The monoisotopic (exact) mass is 289 g/mol. The standard InChI is InChI=1S/C17H23NO3/c1-13(16(19)14-9-5-3-6-10-14)15(17(20)21-2)18-11-7-4-8-12-18/h3,5-6,9-10,13,15H,4,7-8,11-12H2,1-2H3. The molecule has 0 saturated carbocycles. The third kappa shape index (κ3) is 3.70. The number of ketones is 1. The van der Waals surface area contributed by atoms with E-state index in [0.717, 1.165) is 25.9 Å². The van der Waals surface area contributed by atoms with Crippen molar-refractivity contribution in [3.63, 3.8) is 0 Å². The Balaban J connectivity index is 2.19. The SMILES string of the molecule is COC(=O)C(C(C)C(=O)c1ccccc1)N1CCCCC1. The Morgan fingerprint density at radius 3 is 2.29 bits per heavy atom. The van der Waals surface area contributed by atoms with Crippen molar-refractivity contribution in [1.82, 2.24) is 4.90 Å². The molecule has 1 aromatic carbocycles. The molecule has 1 heterocycles. The van der Waals surface area contributed by atoms with Gasteiger partial charge in [-0.25, -0.2) is 0 Å². The molecule has 0 N–H and O–H groups in total. The molecule has 2 rings (SSSR count). The third-order valence-electron chi connectivity index (χ3n) is 4.17. The second-order valence-corrected chi connectivity index (χ2v) is 5.58. The van der Waals surface area contributed by atoms with Crippen molar-refractivity contribution in [3.05, 3.63) is 35.9 Å². The Hall–Kier alpha value is -1.68. The van der Waals surface area contributed by atoms with Gasteiger partial charge in [-0.15, -0.1) is 0 Å². The van der Waals surface area contributed by atoms with E-state index in [2.05, 4.69) is 4.90 Å². The van der Waals surface area contributed by atoms with Crippen molar-refractivity contribution in [2.24, 2.45) is 5.92 Å². The maximum absolute atomic E-state index is 12.6. The van der Waals surface area contributed by atoms with E-state index in [9.17, 15) is 9.59 Å². The number of Topliss-reactive ketones (excluding diaryl/α,β-unsaturated/α-hetero) is 1. The summed E-state index contributed by atoms with van der Waals surface area (Å²) in [6.45, 7) is 3.53. The molecule has 0 radical (unpaired) electrons. The number of hydrogen-bond donors (Lipinski definition) is 0. The smallest absolute Gasteiger partial charge is 0.323 e. The van der Waals surface area contributed by atoms with Crippen LogP contribution in [0.3, 0.4) is 0 Å². The lowest BCUT2D eigenvalue weighted by atomic mass is 9.90. The summed E-state index contributed by atoms with van der Waals surface area (Å²) in [6, 6.07) is 8.67. The number of nitrogens with zero attached hydrogens (tertiary/aromatic N) is 1. The first-order valence-electron chi connectivity index (χ1n) is 7.56. The number of esters is 1. The fraction of sp³-hybridized carbons (Fsp3) is 0.529. The highest BCUT2D eigenvalue weighted by Gasteiger charge is 2.36. The lowest BCUT2D eigenvalue weighted by Gasteiger charge is -2.35. The van der Waals surface area contributed by atoms with Crippen LogP contribution in [-0.2, 0) is 9.53 Å². The number of hydrogen-bond acceptors (Lipinski definition) is 4. The summed E-state index contributed by atoms with van der Waals surface area (Å²) in [5.74, 6) is -0.719. The Bertz CT molecular complexity index is 480. The molecule has 4 heteroatoms. The van der Waals surface area contributed by atoms with Gasteiger partial charge in [0.15, 0.2) is 5.78 Å². The summed E-state index contributed by atoms with van der Waals surface area (Å²) in [5, 5.41) is 0. The molecule has 1 aliphatic rings. The average Bonchev–Trinajstić information content (AvgIpc) is 2.55. The molecule has 2 atom stereocenters. The van der Waals surface area contributed by atoms with Crippen LogP contribution in [0, 0.1) is 5.92 Å². The highest BCUT2D eigenvalue weighted by molar-refractivity contribution is 6.00. The van der Waals surface area contributed by atoms with Crippen LogP contribution in [0.1, 0.15) is 36.5 Å². The zero-order valence-corrected chi connectivity index (χ0v) is 12.7. The summed E-state index contributed by atoms with van der Waals surface area (Å²) < 4.78 is 4.94. The van der Waals surface area contributed by atoms with Gasteiger partial charge in [0.25, 0.3) is 0 Å². The van der Waals surface area contributed by atoms with Gasteiger partial charge in [-0.1, -0.05) is 43.7 Å². The topological polar surface area (TPSA) is 46.6 Å². The molecule has 0 spiro atoms. The summed E-state index contributed by atoms with van der Waals surface area (Å²) in [5.41, 5.74) is 0.649. The number of piperidine rings is 1. The number of ether oxygens (including phenoxy) is 1. The largest absolute Gasteiger partial charge is 0.468 e. The van der Waals surface area contributed by atoms with Crippen LogP contribution < -0.4 is 0 Å². The predicted octanol–water partition coefficient (Wildman–Crippen LogP) is 2.53. The Morgan fingerprint density at radius 1 is 1.10 bits per heavy atom. The molecular weight excluding hydrogens is 266 g/mol. The van der Waals surface area contributed by atoms with Crippen LogP contribution in [0.15, 0.2) is 30.3 Å². The molecule has 2 unspecified atom stereocenters. The van der Waals surface area contributed by atoms with Gasteiger partial charge in [-0.3, -0.25) is 14.5 Å². The van der Waals surface area contributed by atoms with Gasteiger partial charge < -0.3 is 4.74 Å². The minimum atomic E-state index is -0.483. The molecule has 0 aliphatic carbocycles. The van der Waals surface area contributed by atoms with Gasteiger partial charge in [0.2, 0.25) is 0 Å². The molecule has 0 amide bonds. The fourth-order valence-corrected chi connectivity index (χ4v) is 3.00. The highest BCUT2D eigenvalue weighted by Crippen LogP contribution is 2.22. The van der Waals surface area contributed by atoms with Crippen molar-refractivity contribution in [1.29, 1.82) is 0 Å². The number of carbonyl (C=O) groups excluding carboxylic acids is 2. The third-order valence-corrected chi connectivity index (χ3v) is 4.17. The van der Waals surface area contributed by atoms with E-state index in [1.54, 1.807) is 12.1 Å². The van der Waals surface area contributed by atoms with E-state index in [1.165, 1.54) is 13.5 Å². The molecule has 114 valence electrons. The van der Waals surface area contributed by atoms with Crippen molar-refractivity contribution in [3.8, 4) is 0 Å². The molecule has 1 aliphatic heterocycles. The predicted molar refractivity (Wildman–Crippen MR) is 81.2 cm³/mol. The maximum Gasteiger partial charge on any atom is 0.323 e. The zero-order chi connectivity index (χ0) is 15.2. The molecule has 0 aromatic heterocycles. The summed E-state index contributed by atoms with van der Waals surface area (Å²) >= 11 is 0. The van der Waals surface area contributed by atoms with Gasteiger partial charge in [0.05, 0.1) is 7.11 Å². The van der Waals surface area contributed by atoms with Gasteiger partial charge in [-0.2, -0.15) is 0 Å². The molecule has 4 nitrogen and oxygen atoms in total. The Kier molecular flexibility index (Phi) is 5.51. The minimum Gasteiger partial charge on any atom is -0.468 e. The number of methoxy groups -OCH3 is 1. The van der Waals surface area contributed by atoms with Crippen LogP contribution in [0.25, 0.3) is 0 Å². The van der Waals surface area contributed by atoms with Gasteiger partial charge in [0.1, 0.15) is 6.04 Å². The normalized spacial score (nSPS) is 18.8. The molecule has 0 bridgehead atoms. The van der Waals surface area contributed by atoms with Crippen LogP contribution in [-0.4, -0.2) is 42.9 Å². The van der Waals surface area contributed by atoms with Crippen molar-refractivity contribution < 1.29 is 14.3 Å². The second kappa shape index (κ2) is 7.36. The van der Waals surface area contributed by atoms with Crippen LogP contribution in [0.2, 0.25) is 0 Å². The van der Waals surface area contributed by atoms with E-state index in [-0.39, 0.29) is 11.8 Å². The first-order chi connectivity index (χ1) is 10.1. The van der Waals surface area contributed by atoms with Gasteiger partial charge in [-0.05, 0) is 25.9 Å². The van der Waals surface area contributed by atoms with Crippen molar-refractivity contribution in [2.75, 3.05) is 20.2 Å². The lowest BCUT2D eigenvalue weighted by Crippen LogP contribution is -2.50. The highest BCUT2D eigenvalue weighted by atomic mass is 16.5. The van der Waals surface area contributed by atoms with E-state index in [4.69, 9.17) is 4.74 Å². The van der Waals surface area contributed by atoms with Gasteiger partial charge in [0, 0.05) is 11.5 Å². The van der Waals surface area contributed by atoms with Gasteiger partial charge >= 0.3 is 5.97 Å². The second-order valence-electron chi connectivity index (χ2n) is 5.58. The minimum absolute atomic E-state index is 0.00317. The van der Waals surface area contributed by atoms with E-state index in [1.807, 2.05) is 25.1 Å². The maximum atomic E-state index is 12.6. The Morgan fingerprint density at radius 2 is 1.71 bits per heavy atom.